The van der Waals surface area contributed by atoms with Crippen molar-refractivity contribution in [2.45, 2.75) is 79.8 Å². The molecule has 2 rings (SSSR count). The molecule has 1 amide bonds. The number of hydrogen-bond donors (Lipinski definition) is 1. The van der Waals surface area contributed by atoms with Crippen LogP contribution >= 0.6 is 0 Å². The predicted molar refractivity (Wildman–Crippen MR) is 127 cm³/mol. The van der Waals surface area contributed by atoms with E-state index in [0.717, 1.165) is 29.7 Å². The van der Waals surface area contributed by atoms with Gasteiger partial charge in [0.25, 0.3) is 0 Å². The van der Waals surface area contributed by atoms with Crippen molar-refractivity contribution in [3.05, 3.63) is 64.2 Å². The summed E-state index contributed by atoms with van der Waals surface area (Å²) in [5.74, 6) is 0.409. The van der Waals surface area contributed by atoms with Crippen molar-refractivity contribution in [2.75, 3.05) is 0 Å². The third-order valence-electron chi connectivity index (χ3n) is 6.39. The van der Waals surface area contributed by atoms with Gasteiger partial charge < -0.3 is 10.5 Å². The Hall–Kier alpha value is -2.62. The van der Waals surface area contributed by atoms with Gasteiger partial charge in [0.15, 0.2) is 11.9 Å². The number of ketones is 1. The van der Waals surface area contributed by atoms with Crippen molar-refractivity contribution >= 4 is 11.7 Å². The lowest BCUT2D eigenvalue weighted by molar-refractivity contribution is -0.132. The van der Waals surface area contributed by atoms with Gasteiger partial charge in [0.2, 0.25) is 5.91 Å². The number of aryl methyl sites for hydroxylation is 2. The fourth-order valence-corrected chi connectivity index (χ4v) is 4.40. The average molecular weight is 424 g/mol. The number of amides is 1. The topological polar surface area (TPSA) is 69.4 Å². The zero-order valence-corrected chi connectivity index (χ0v) is 20.3. The molecule has 0 heterocycles. The van der Waals surface area contributed by atoms with Crippen molar-refractivity contribution < 1.29 is 14.3 Å². The van der Waals surface area contributed by atoms with Crippen LogP contribution in [0.3, 0.4) is 0 Å². The SMILES string of the molecule is CCC(CC)(c1ccc(OC(C)C(=O)C(C)(C)C)c(C)c1)c1ccc(C(N)=O)c(C)c1. The van der Waals surface area contributed by atoms with Gasteiger partial charge in [-0.2, -0.15) is 0 Å². The second-order valence-electron chi connectivity index (χ2n) is 9.54. The van der Waals surface area contributed by atoms with Crippen LogP contribution < -0.4 is 10.5 Å². The largest absolute Gasteiger partial charge is 0.483 e. The maximum absolute atomic E-state index is 12.5. The average Bonchev–Trinajstić information content (AvgIpc) is 2.69. The lowest BCUT2D eigenvalue weighted by atomic mass is 9.70. The van der Waals surface area contributed by atoms with Crippen molar-refractivity contribution in [3.8, 4) is 5.75 Å². The maximum atomic E-state index is 12.5. The Balaban J connectivity index is 2.45. The zero-order valence-electron chi connectivity index (χ0n) is 20.3. The summed E-state index contributed by atoms with van der Waals surface area (Å²) < 4.78 is 6.03. The molecule has 0 fully saturated rings. The molecule has 1 atom stereocenters. The van der Waals surface area contributed by atoms with Crippen LogP contribution in [-0.2, 0) is 10.2 Å². The van der Waals surface area contributed by atoms with Crippen molar-refractivity contribution in [3.63, 3.8) is 0 Å². The Morgan fingerprint density at radius 1 is 0.935 bits per heavy atom. The van der Waals surface area contributed by atoms with Crippen LogP contribution in [0.2, 0.25) is 0 Å². The molecule has 2 aromatic rings. The predicted octanol–water partition coefficient (Wildman–Crippen LogP) is 5.89. The van der Waals surface area contributed by atoms with E-state index in [1.807, 2.05) is 59.7 Å². The van der Waals surface area contributed by atoms with Crippen LogP contribution in [0.5, 0.6) is 5.75 Å². The van der Waals surface area contributed by atoms with Gasteiger partial charge in [-0.05, 0) is 68.0 Å². The number of primary amides is 1. The summed E-state index contributed by atoms with van der Waals surface area (Å²) >= 11 is 0. The molecular formula is C27H37NO3. The normalized spacial score (nSPS) is 13.0. The monoisotopic (exact) mass is 423 g/mol. The maximum Gasteiger partial charge on any atom is 0.248 e. The molecule has 4 heteroatoms. The van der Waals surface area contributed by atoms with E-state index in [1.165, 1.54) is 11.1 Å². The summed E-state index contributed by atoms with van der Waals surface area (Å²) in [7, 11) is 0. The van der Waals surface area contributed by atoms with Gasteiger partial charge >= 0.3 is 0 Å². The van der Waals surface area contributed by atoms with E-state index in [4.69, 9.17) is 10.5 Å². The minimum Gasteiger partial charge on any atom is -0.483 e. The first-order valence-corrected chi connectivity index (χ1v) is 11.1. The fraction of sp³-hybridized carbons (Fsp3) is 0.481. The molecule has 2 aromatic carbocycles. The molecule has 0 saturated heterocycles. The van der Waals surface area contributed by atoms with Crippen molar-refractivity contribution in [2.24, 2.45) is 11.1 Å². The Kier molecular flexibility index (Phi) is 7.36. The van der Waals surface area contributed by atoms with Crippen molar-refractivity contribution in [1.82, 2.24) is 0 Å². The molecule has 0 aliphatic heterocycles. The van der Waals surface area contributed by atoms with Crippen LogP contribution in [-0.4, -0.2) is 17.8 Å². The van der Waals surface area contributed by atoms with E-state index in [-0.39, 0.29) is 11.2 Å². The Morgan fingerprint density at radius 3 is 1.87 bits per heavy atom. The highest BCUT2D eigenvalue weighted by Crippen LogP contribution is 2.41. The minimum atomic E-state index is -0.504. The first kappa shape index (κ1) is 24.6. The number of carbonyl (C=O) groups excluding carboxylic acids is 2. The smallest absolute Gasteiger partial charge is 0.248 e. The number of carbonyl (C=O) groups is 2. The van der Waals surface area contributed by atoms with Gasteiger partial charge in [-0.1, -0.05) is 58.9 Å². The number of hydrogen-bond acceptors (Lipinski definition) is 3. The Morgan fingerprint density at radius 2 is 1.45 bits per heavy atom. The molecule has 2 N–H and O–H groups in total. The first-order valence-electron chi connectivity index (χ1n) is 11.1. The Labute approximate surface area is 187 Å². The van der Waals surface area contributed by atoms with Gasteiger partial charge in [-0.15, -0.1) is 0 Å². The molecule has 168 valence electrons. The highest BCUT2D eigenvalue weighted by molar-refractivity contribution is 5.94. The molecule has 0 radical (unpaired) electrons. The Bertz CT molecular complexity index is 965. The number of Topliss-reactive ketones (excluding diaryl/α,β-unsaturated/α-hetero) is 1. The second-order valence-corrected chi connectivity index (χ2v) is 9.54. The lowest BCUT2D eigenvalue weighted by Crippen LogP contribution is -2.34. The van der Waals surface area contributed by atoms with Gasteiger partial charge in [-0.25, -0.2) is 0 Å². The van der Waals surface area contributed by atoms with Crippen LogP contribution in [0.25, 0.3) is 0 Å². The summed E-state index contributed by atoms with van der Waals surface area (Å²) in [6, 6.07) is 12.2. The van der Waals surface area contributed by atoms with E-state index < -0.39 is 17.4 Å². The summed E-state index contributed by atoms with van der Waals surface area (Å²) in [6.07, 6.45) is 1.32. The van der Waals surface area contributed by atoms with E-state index in [9.17, 15) is 9.59 Å². The second kappa shape index (κ2) is 9.25. The van der Waals surface area contributed by atoms with E-state index in [0.29, 0.717) is 5.56 Å². The molecule has 31 heavy (non-hydrogen) atoms. The standard InChI is InChI=1S/C27H37NO3/c1-9-27(10-2,20-11-13-22(25(28)30)17(3)15-20)21-12-14-23(18(4)16-21)31-19(5)24(29)26(6,7)8/h11-16,19H,9-10H2,1-8H3,(H2,28,30). The van der Waals surface area contributed by atoms with E-state index in [2.05, 4.69) is 32.0 Å². The highest BCUT2D eigenvalue weighted by Gasteiger charge is 2.32. The third-order valence-corrected chi connectivity index (χ3v) is 6.39. The first-order chi connectivity index (χ1) is 14.4. The summed E-state index contributed by atoms with van der Waals surface area (Å²) in [5.41, 5.74) is 9.69. The van der Waals surface area contributed by atoms with Gasteiger partial charge in [0.05, 0.1) is 0 Å². The molecule has 0 saturated carbocycles. The summed E-state index contributed by atoms with van der Waals surface area (Å²) in [4.78, 5) is 24.2. The zero-order chi connectivity index (χ0) is 23.6. The van der Waals surface area contributed by atoms with Crippen LogP contribution in [0.15, 0.2) is 36.4 Å². The van der Waals surface area contributed by atoms with Crippen molar-refractivity contribution in [1.29, 1.82) is 0 Å². The fourth-order valence-electron chi connectivity index (χ4n) is 4.40. The molecule has 0 aromatic heterocycles. The molecule has 0 aliphatic rings. The third kappa shape index (κ3) is 5.00. The minimum absolute atomic E-state index is 0.0810. The van der Waals surface area contributed by atoms with Crippen LogP contribution in [0.4, 0.5) is 0 Å². The lowest BCUT2D eigenvalue weighted by Gasteiger charge is -2.34. The molecule has 1 unspecified atom stereocenters. The molecule has 0 aliphatic carbocycles. The van der Waals surface area contributed by atoms with Gasteiger partial charge in [0.1, 0.15) is 5.75 Å². The quantitative estimate of drug-likeness (QED) is 0.575. The molecule has 0 spiro atoms. The van der Waals surface area contributed by atoms with Gasteiger partial charge in [-0.3, -0.25) is 9.59 Å². The van der Waals surface area contributed by atoms with E-state index in [1.54, 1.807) is 0 Å². The number of ether oxygens (including phenoxy) is 1. The van der Waals surface area contributed by atoms with Crippen LogP contribution in [0, 0.1) is 19.3 Å². The number of nitrogens with two attached hydrogens (primary N) is 1. The molecular weight excluding hydrogens is 386 g/mol. The number of benzene rings is 2. The molecule has 4 nitrogen and oxygen atoms in total. The van der Waals surface area contributed by atoms with Crippen LogP contribution in [0.1, 0.15) is 87.0 Å². The van der Waals surface area contributed by atoms with E-state index >= 15 is 0 Å². The number of rotatable bonds is 8. The highest BCUT2D eigenvalue weighted by atomic mass is 16.5. The summed E-state index contributed by atoms with van der Waals surface area (Å²) in [5, 5.41) is 0. The van der Waals surface area contributed by atoms with Gasteiger partial charge in [0, 0.05) is 16.4 Å². The molecule has 0 bridgehead atoms. The summed E-state index contributed by atoms with van der Waals surface area (Å²) in [6.45, 7) is 15.9.